The van der Waals surface area contributed by atoms with Crippen LogP contribution in [0.5, 0.6) is 5.75 Å². The number of aromatic carboxylic acids is 2. The van der Waals surface area contributed by atoms with Crippen LogP contribution in [0.15, 0.2) is 47.4 Å². The van der Waals surface area contributed by atoms with E-state index in [2.05, 4.69) is 4.72 Å². The van der Waals surface area contributed by atoms with Crippen LogP contribution in [-0.4, -0.2) is 35.7 Å². The molecule has 0 bridgehead atoms. The lowest BCUT2D eigenvalue weighted by Gasteiger charge is -2.09. The monoisotopic (exact) mass is 337 g/mol. The van der Waals surface area contributed by atoms with E-state index in [1.165, 1.54) is 6.07 Å². The van der Waals surface area contributed by atoms with Gasteiger partial charge >= 0.3 is 11.9 Å². The maximum absolute atomic E-state index is 12.2. The van der Waals surface area contributed by atoms with Crippen molar-refractivity contribution < 1.29 is 33.3 Å². The smallest absolute Gasteiger partial charge is 0.339 e. The summed E-state index contributed by atoms with van der Waals surface area (Å²) in [5.41, 5.74) is -0.457. The van der Waals surface area contributed by atoms with E-state index in [1.54, 1.807) is 0 Å². The van der Waals surface area contributed by atoms with Gasteiger partial charge in [-0.15, -0.1) is 0 Å². The van der Waals surface area contributed by atoms with E-state index in [0.29, 0.717) is 0 Å². The van der Waals surface area contributed by atoms with Crippen LogP contribution in [0.2, 0.25) is 0 Å². The molecule has 2 aromatic rings. The second kappa shape index (κ2) is 5.97. The Balaban J connectivity index is 2.29. The van der Waals surface area contributed by atoms with E-state index in [4.69, 9.17) is 10.2 Å². The molecule has 2 rings (SSSR count). The number of nitrogens with one attached hydrogen (secondary N) is 1. The number of rotatable bonds is 5. The summed E-state index contributed by atoms with van der Waals surface area (Å²) < 4.78 is 26.5. The summed E-state index contributed by atoms with van der Waals surface area (Å²) in [4.78, 5) is 21.3. The highest BCUT2D eigenvalue weighted by Gasteiger charge is 2.17. The zero-order valence-corrected chi connectivity index (χ0v) is 12.2. The molecule has 9 heteroatoms. The molecule has 0 saturated heterocycles. The Bertz CT molecular complexity index is 872. The van der Waals surface area contributed by atoms with Gasteiger partial charge in [0, 0.05) is 6.07 Å². The van der Waals surface area contributed by atoms with E-state index < -0.39 is 27.7 Å². The summed E-state index contributed by atoms with van der Waals surface area (Å²) >= 11 is 0. The molecule has 0 aliphatic carbocycles. The molecule has 2 aromatic carbocycles. The first-order valence-corrected chi connectivity index (χ1v) is 7.61. The van der Waals surface area contributed by atoms with Crippen LogP contribution >= 0.6 is 0 Å². The first-order chi connectivity index (χ1) is 10.7. The number of benzene rings is 2. The van der Waals surface area contributed by atoms with Gasteiger partial charge in [-0.1, -0.05) is 0 Å². The van der Waals surface area contributed by atoms with E-state index in [-0.39, 0.29) is 21.7 Å². The van der Waals surface area contributed by atoms with Crippen LogP contribution in [0, 0.1) is 0 Å². The molecule has 0 heterocycles. The molecule has 0 fully saturated rings. The summed E-state index contributed by atoms with van der Waals surface area (Å²) in [6.07, 6.45) is 0. The van der Waals surface area contributed by atoms with Gasteiger partial charge in [0.25, 0.3) is 10.0 Å². The molecule has 4 N–H and O–H groups in total. The summed E-state index contributed by atoms with van der Waals surface area (Å²) in [7, 11) is -4.01. The van der Waals surface area contributed by atoms with Gasteiger partial charge in [-0.05, 0) is 36.4 Å². The number of phenols is 1. The number of hydrogen-bond donors (Lipinski definition) is 4. The maximum Gasteiger partial charge on any atom is 0.339 e. The lowest BCUT2D eigenvalue weighted by Crippen LogP contribution is -2.13. The first kappa shape index (κ1) is 16.3. The molecule has 0 unspecified atom stereocenters. The van der Waals surface area contributed by atoms with Crippen molar-refractivity contribution in [1.82, 2.24) is 0 Å². The second-order valence-electron chi connectivity index (χ2n) is 4.47. The summed E-state index contributed by atoms with van der Waals surface area (Å²) in [6, 6.07) is 7.74. The molecular formula is C14H11NO7S. The van der Waals surface area contributed by atoms with Crippen LogP contribution < -0.4 is 4.72 Å². The quantitative estimate of drug-likeness (QED) is 0.649. The number of aromatic hydroxyl groups is 1. The van der Waals surface area contributed by atoms with Crippen molar-refractivity contribution in [3.05, 3.63) is 53.6 Å². The van der Waals surface area contributed by atoms with Crippen LogP contribution in [0.25, 0.3) is 0 Å². The Kier molecular flexibility index (Phi) is 4.23. The fourth-order valence-electron chi connectivity index (χ4n) is 1.77. The predicted octanol–water partition coefficient (Wildman–Crippen LogP) is 1.59. The van der Waals surface area contributed by atoms with Crippen LogP contribution in [0.3, 0.4) is 0 Å². The standard InChI is InChI=1S/C14H11NO7S/c16-12-7-9(3-6-11(12)14(19)20)15-23(21,22)10-4-1-8(2-5-10)13(17)18/h1-7,15-16H,(H,17,18)(H,19,20). The molecule has 0 amide bonds. The van der Waals surface area contributed by atoms with Crippen LogP contribution in [0.4, 0.5) is 5.69 Å². The van der Waals surface area contributed by atoms with Gasteiger partial charge in [-0.25, -0.2) is 18.0 Å². The lowest BCUT2D eigenvalue weighted by molar-refractivity contribution is 0.0684. The normalized spacial score (nSPS) is 11.0. The van der Waals surface area contributed by atoms with Crippen molar-refractivity contribution in [2.75, 3.05) is 4.72 Å². The minimum atomic E-state index is -4.01. The lowest BCUT2D eigenvalue weighted by atomic mass is 10.2. The highest BCUT2D eigenvalue weighted by atomic mass is 32.2. The zero-order valence-electron chi connectivity index (χ0n) is 11.4. The third kappa shape index (κ3) is 3.58. The molecule has 120 valence electrons. The Hall–Kier alpha value is -3.07. The Morgan fingerprint density at radius 1 is 0.913 bits per heavy atom. The molecule has 0 aromatic heterocycles. The van der Waals surface area contributed by atoms with Crippen molar-refractivity contribution in [2.45, 2.75) is 4.90 Å². The van der Waals surface area contributed by atoms with Crippen LogP contribution in [-0.2, 0) is 10.0 Å². The second-order valence-corrected chi connectivity index (χ2v) is 6.15. The van der Waals surface area contributed by atoms with Crippen molar-refractivity contribution in [1.29, 1.82) is 0 Å². The number of sulfonamides is 1. The first-order valence-electron chi connectivity index (χ1n) is 6.13. The largest absolute Gasteiger partial charge is 0.507 e. The Morgan fingerprint density at radius 2 is 1.52 bits per heavy atom. The number of carbonyl (C=O) groups is 2. The molecule has 0 aliphatic rings. The van der Waals surface area contributed by atoms with Gasteiger partial charge in [0.15, 0.2) is 0 Å². The van der Waals surface area contributed by atoms with E-state index >= 15 is 0 Å². The van der Waals surface area contributed by atoms with Gasteiger partial charge < -0.3 is 15.3 Å². The minimum absolute atomic E-state index is 0.0326. The van der Waals surface area contributed by atoms with Crippen molar-refractivity contribution >= 4 is 27.6 Å². The highest BCUT2D eigenvalue weighted by Crippen LogP contribution is 2.24. The topological polar surface area (TPSA) is 141 Å². The molecular weight excluding hydrogens is 326 g/mol. The molecule has 23 heavy (non-hydrogen) atoms. The third-order valence-corrected chi connectivity index (χ3v) is 4.29. The van der Waals surface area contributed by atoms with Gasteiger partial charge in [-0.2, -0.15) is 0 Å². The van der Waals surface area contributed by atoms with Crippen molar-refractivity contribution in [2.24, 2.45) is 0 Å². The molecule has 0 spiro atoms. The number of hydrogen-bond acceptors (Lipinski definition) is 5. The number of anilines is 1. The molecule has 0 radical (unpaired) electrons. The van der Waals surface area contributed by atoms with E-state index in [1.807, 2.05) is 0 Å². The fraction of sp³-hybridized carbons (Fsp3) is 0. The zero-order chi connectivity index (χ0) is 17.2. The van der Waals surface area contributed by atoms with Crippen molar-refractivity contribution in [3.63, 3.8) is 0 Å². The van der Waals surface area contributed by atoms with Crippen molar-refractivity contribution in [3.8, 4) is 5.75 Å². The van der Waals surface area contributed by atoms with Gasteiger partial charge in [0.05, 0.1) is 16.1 Å². The van der Waals surface area contributed by atoms with Gasteiger partial charge in [0.2, 0.25) is 0 Å². The minimum Gasteiger partial charge on any atom is -0.507 e. The number of carboxylic acid groups (broad SMARTS) is 2. The Morgan fingerprint density at radius 3 is 2.00 bits per heavy atom. The average molecular weight is 337 g/mol. The SMILES string of the molecule is O=C(O)c1ccc(S(=O)(=O)Nc2ccc(C(=O)O)c(O)c2)cc1. The fourth-order valence-corrected chi connectivity index (χ4v) is 2.82. The summed E-state index contributed by atoms with van der Waals surface area (Å²) in [6.45, 7) is 0. The highest BCUT2D eigenvalue weighted by molar-refractivity contribution is 7.92. The number of carboxylic acids is 2. The van der Waals surface area contributed by atoms with Crippen LogP contribution in [0.1, 0.15) is 20.7 Å². The predicted molar refractivity (Wildman–Crippen MR) is 79.3 cm³/mol. The summed E-state index contributed by atoms with van der Waals surface area (Å²) in [5.74, 6) is -3.11. The van der Waals surface area contributed by atoms with E-state index in [0.717, 1.165) is 36.4 Å². The molecule has 8 nitrogen and oxygen atoms in total. The van der Waals surface area contributed by atoms with Gasteiger partial charge in [0.1, 0.15) is 11.3 Å². The average Bonchev–Trinajstić information content (AvgIpc) is 2.46. The summed E-state index contributed by atoms with van der Waals surface area (Å²) in [5, 5.41) is 27.1. The molecule has 0 saturated carbocycles. The molecule has 0 aliphatic heterocycles. The molecule has 0 atom stereocenters. The Labute approximate surface area is 130 Å². The third-order valence-electron chi connectivity index (χ3n) is 2.89. The maximum atomic E-state index is 12.2. The van der Waals surface area contributed by atoms with Gasteiger partial charge in [-0.3, -0.25) is 4.72 Å². The van der Waals surface area contributed by atoms with E-state index in [9.17, 15) is 23.1 Å².